The molecule has 0 saturated heterocycles. The highest BCUT2D eigenvalue weighted by molar-refractivity contribution is 6.02. The Bertz CT molecular complexity index is 909. The zero-order valence-electron chi connectivity index (χ0n) is 15.4. The quantitative estimate of drug-likeness (QED) is 0.768. The van der Waals surface area contributed by atoms with Crippen LogP contribution in [-0.4, -0.2) is 35.0 Å². The van der Waals surface area contributed by atoms with Gasteiger partial charge in [0.1, 0.15) is 0 Å². The Kier molecular flexibility index (Phi) is 6.16. The zero-order chi connectivity index (χ0) is 19.9. The van der Waals surface area contributed by atoms with Gasteiger partial charge in [0.25, 0.3) is 0 Å². The molecular weight excluding hydrogens is 356 g/mol. The lowest BCUT2D eigenvalue weighted by Gasteiger charge is -2.11. The van der Waals surface area contributed by atoms with Crippen LogP contribution in [0.1, 0.15) is 40.7 Å². The van der Waals surface area contributed by atoms with Gasteiger partial charge in [-0.15, -0.1) is 0 Å². The van der Waals surface area contributed by atoms with Crippen molar-refractivity contribution in [3.63, 3.8) is 0 Å². The van der Waals surface area contributed by atoms with Crippen molar-refractivity contribution >= 4 is 23.4 Å². The van der Waals surface area contributed by atoms with E-state index in [4.69, 9.17) is 5.73 Å². The Morgan fingerprint density at radius 1 is 1.04 bits per heavy atom. The van der Waals surface area contributed by atoms with Crippen molar-refractivity contribution in [1.82, 2.24) is 10.3 Å². The molecular formula is C21H22N4O3. The molecule has 2 aromatic rings. The van der Waals surface area contributed by atoms with Crippen LogP contribution in [0.4, 0.5) is 0 Å². The fraction of sp³-hybridized carbons (Fsp3) is 0.238. The summed E-state index contributed by atoms with van der Waals surface area (Å²) >= 11 is 0. The van der Waals surface area contributed by atoms with Gasteiger partial charge < -0.3 is 11.1 Å². The summed E-state index contributed by atoms with van der Waals surface area (Å²) in [4.78, 5) is 35.5. The average Bonchev–Trinajstić information content (AvgIpc) is 3.22. The second-order valence-corrected chi connectivity index (χ2v) is 6.52. The van der Waals surface area contributed by atoms with Crippen LogP contribution in [0.5, 0.6) is 0 Å². The van der Waals surface area contributed by atoms with Crippen LogP contribution in [0, 0.1) is 0 Å². The molecule has 0 spiro atoms. The molecule has 0 atom stereocenters. The van der Waals surface area contributed by atoms with Crippen LogP contribution in [-0.2, 0) is 16.1 Å². The van der Waals surface area contributed by atoms with Gasteiger partial charge in [-0.05, 0) is 23.3 Å². The summed E-state index contributed by atoms with van der Waals surface area (Å²) < 4.78 is 0. The van der Waals surface area contributed by atoms with E-state index in [1.807, 2.05) is 30.3 Å². The van der Waals surface area contributed by atoms with Crippen molar-refractivity contribution in [2.45, 2.75) is 25.8 Å². The number of benzene rings is 2. The molecule has 2 aromatic carbocycles. The zero-order valence-corrected chi connectivity index (χ0v) is 15.4. The predicted molar refractivity (Wildman–Crippen MR) is 105 cm³/mol. The van der Waals surface area contributed by atoms with E-state index in [0.717, 1.165) is 16.8 Å². The van der Waals surface area contributed by atoms with E-state index in [1.165, 1.54) is 5.01 Å². The molecule has 1 aliphatic heterocycles. The SMILES string of the molecule is NC(=O)c1cccc(CNC(=O)CCC(=O)N2CCC(c3ccccc3)=N2)c1. The number of primary amides is 1. The Balaban J connectivity index is 1.46. The van der Waals surface area contributed by atoms with E-state index in [2.05, 4.69) is 10.4 Å². The fourth-order valence-electron chi connectivity index (χ4n) is 2.94. The number of hydrogen-bond acceptors (Lipinski definition) is 4. The maximum atomic E-state index is 12.3. The molecule has 0 aromatic heterocycles. The largest absolute Gasteiger partial charge is 0.366 e. The third-order valence-electron chi connectivity index (χ3n) is 4.46. The molecule has 3 rings (SSSR count). The minimum Gasteiger partial charge on any atom is -0.366 e. The number of nitrogens with zero attached hydrogens (tertiary/aromatic N) is 2. The lowest BCUT2D eigenvalue weighted by atomic mass is 10.1. The number of nitrogens with two attached hydrogens (primary N) is 1. The second kappa shape index (κ2) is 8.94. The molecule has 0 aliphatic carbocycles. The van der Waals surface area contributed by atoms with Crippen molar-refractivity contribution < 1.29 is 14.4 Å². The lowest BCUT2D eigenvalue weighted by Crippen LogP contribution is -2.27. The van der Waals surface area contributed by atoms with Crippen molar-refractivity contribution in [2.75, 3.05) is 6.54 Å². The second-order valence-electron chi connectivity index (χ2n) is 6.52. The number of amides is 3. The highest BCUT2D eigenvalue weighted by Gasteiger charge is 2.21. The van der Waals surface area contributed by atoms with Crippen LogP contribution in [0.3, 0.4) is 0 Å². The molecule has 7 nitrogen and oxygen atoms in total. The van der Waals surface area contributed by atoms with Crippen molar-refractivity contribution in [2.24, 2.45) is 10.8 Å². The van der Waals surface area contributed by atoms with E-state index < -0.39 is 5.91 Å². The maximum Gasteiger partial charge on any atom is 0.248 e. The summed E-state index contributed by atoms with van der Waals surface area (Å²) in [6.45, 7) is 0.804. The third kappa shape index (κ3) is 5.03. The van der Waals surface area contributed by atoms with Gasteiger partial charge in [0.2, 0.25) is 17.7 Å². The summed E-state index contributed by atoms with van der Waals surface area (Å²) in [5.41, 5.74) is 8.30. The summed E-state index contributed by atoms with van der Waals surface area (Å²) in [5.74, 6) is -0.916. The first-order chi connectivity index (χ1) is 13.5. The molecule has 0 saturated carbocycles. The standard InChI is InChI=1S/C21H22N4O3/c22-21(28)17-8-4-5-15(13-17)14-23-19(26)9-10-20(27)25-12-11-18(24-25)16-6-2-1-3-7-16/h1-8,13H,9-12,14H2,(H2,22,28)(H,23,26). The van der Waals surface area contributed by atoms with Gasteiger partial charge in [0, 0.05) is 31.4 Å². The molecule has 28 heavy (non-hydrogen) atoms. The van der Waals surface area contributed by atoms with Gasteiger partial charge in [0.05, 0.1) is 12.3 Å². The summed E-state index contributed by atoms with van der Waals surface area (Å²) in [6, 6.07) is 16.5. The van der Waals surface area contributed by atoms with E-state index in [9.17, 15) is 14.4 Å². The molecule has 144 valence electrons. The van der Waals surface area contributed by atoms with Gasteiger partial charge in [-0.1, -0.05) is 42.5 Å². The Labute approximate surface area is 163 Å². The van der Waals surface area contributed by atoms with E-state index in [0.29, 0.717) is 18.5 Å². The molecule has 0 unspecified atom stereocenters. The monoisotopic (exact) mass is 378 g/mol. The number of nitrogens with one attached hydrogen (secondary N) is 1. The van der Waals surface area contributed by atoms with Crippen LogP contribution >= 0.6 is 0 Å². The Morgan fingerprint density at radius 3 is 2.57 bits per heavy atom. The van der Waals surface area contributed by atoms with Crippen LogP contribution in [0.2, 0.25) is 0 Å². The van der Waals surface area contributed by atoms with Crippen molar-refractivity contribution in [3.05, 3.63) is 71.3 Å². The molecule has 0 radical (unpaired) electrons. The molecule has 0 fully saturated rings. The molecule has 3 N–H and O–H groups in total. The summed E-state index contributed by atoms with van der Waals surface area (Å²) in [5, 5.41) is 8.57. The first-order valence-corrected chi connectivity index (χ1v) is 9.11. The topological polar surface area (TPSA) is 105 Å². The van der Waals surface area contributed by atoms with Crippen LogP contribution in [0.15, 0.2) is 59.7 Å². The van der Waals surface area contributed by atoms with Crippen molar-refractivity contribution in [3.8, 4) is 0 Å². The van der Waals surface area contributed by atoms with Gasteiger partial charge in [-0.3, -0.25) is 14.4 Å². The lowest BCUT2D eigenvalue weighted by molar-refractivity contribution is -0.133. The molecule has 1 heterocycles. The number of rotatable bonds is 7. The number of hydrogen-bond donors (Lipinski definition) is 2. The molecule has 1 aliphatic rings. The summed E-state index contributed by atoms with van der Waals surface area (Å²) in [7, 11) is 0. The van der Waals surface area contributed by atoms with Gasteiger partial charge in [0.15, 0.2) is 0 Å². The first-order valence-electron chi connectivity index (χ1n) is 9.11. The highest BCUT2D eigenvalue weighted by Crippen LogP contribution is 2.15. The minimum absolute atomic E-state index is 0.0844. The molecule has 3 amide bonds. The fourth-order valence-corrected chi connectivity index (χ4v) is 2.94. The van der Waals surface area contributed by atoms with E-state index in [-0.39, 0.29) is 31.2 Å². The van der Waals surface area contributed by atoms with Gasteiger partial charge >= 0.3 is 0 Å². The number of carbonyl (C=O) groups is 3. The third-order valence-corrected chi connectivity index (χ3v) is 4.46. The predicted octanol–water partition coefficient (Wildman–Crippen LogP) is 1.82. The molecule has 0 bridgehead atoms. The van der Waals surface area contributed by atoms with Gasteiger partial charge in [-0.2, -0.15) is 5.10 Å². The van der Waals surface area contributed by atoms with Crippen LogP contribution in [0.25, 0.3) is 0 Å². The first kappa shape index (κ1) is 19.3. The van der Waals surface area contributed by atoms with Crippen LogP contribution < -0.4 is 11.1 Å². The number of hydrazone groups is 1. The maximum absolute atomic E-state index is 12.3. The summed E-state index contributed by atoms with van der Waals surface area (Å²) in [6.07, 6.45) is 0.887. The Hall–Kier alpha value is -3.48. The normalized spacial score (nSPS) is 13.1. The average molecular weight is 378 g/mol. The van der Waals surface area contributed by atoms with Gasteiger partial charge in [-0.25, -0.2) is 5.01 Å². The Morgan fingerprint density at radius 2 is 1.82 bits per heavy atom. The van der Waals surface area contributed by atoms with E-state index in [1.54, 1.807) is 24.3 Å². The van der Waals surface area contributed by atoms with E-state index >= 15 is 0 Å². The smallest absolute Gasteiger partial charge is 0.248 e. The van der Waals surface area contributed by atoms with Crippen molar-refractivity contribution in [1.29, 1.82) is 0 Å². The number of carbonyl (C=O) groups excluding carboxylic acids is 3. The molecule has 7 heteroatoms. The minimum atomic E-state index is -0.514. The highest BCUT2D eigenvalue weighted by atomic mass is 16.2.